The molecule has 32 heavy (non-hydrogen) atoms. The Labute approximate surface area is 187 Å². The number of nitrogens with one attached hydrogen (secondary N) is 1. The van der Waals surface area contributed by atoms with Crippen molar-refractivity contribution < 1.29 is 27.1 Å². The molecule has 7 nitrogen and oxygen atoms in total. The zero-order valence-electron chi connectivity index (χ0n) is 17.8. The Kier molecular flexibility index (Phi) is 6.87. The Morgan fingerprint density at radius 3 is 2.66 bits per heavy atom. The number of piperidine rings is 1. The van der Waals surface area contributed by atoms with Gasteiger partial charge in [-0.15, -0.1) is 0 Å². The molecule has 1 aliphatic rings. The lowest BCUT2D eigenvalue weighted by Gasteiger charge is -2.37. The van der Waals surface area contributed by atoms with E-state index in [0.29, 0.717) is 16.8 Å². The van der Waals surface area contributed by atoms with Gasteiger partial charge in [0, 0.05) is 48.7 Å². The zero-order chi connectivity index (χ0) is 23.7. The molecule has 1 amide bonds. The van der Waals surface area contributed by atoms with Gasteiger partial charge in [0.05, 0.1) is 12.2 Å². The minimum atomic E-state index is -4.42. The van der Waals surface area contributed by atoms with Crippen LogP contribution in [0.25, 0.3) is 11.1 Å². The van der Waals surface area contributed by atoms with E-state index in [9.17, 15) is 22.4 Å². The molecule has 1 N–H and O–H groups in total. The molecule has 2 aromatic heterocycles. The van der Waals surface area contributed by atoms with E-state index in [-0.39, 0.29) is 24.7 Å². The molecule has 3 heterocycles. The van der Waals surface area contributed by atoms with Crippen LogP contribution in [-0.4, -0.2) is 57.9 Å². The molecule has 0 unspecified atom stereocenters. The number of carbonyl (C=O) groups is 1. The van der Waals surface area contributed by atoms with Crippen LogP contribution in [0.15, 0.2) is 24.7 Å². The standard InChI is InChI=1S/C20H24ClF4N5O2/c1-19(2,3)32-18(31)28-14-4-13(22)9-29(10-14)16-5-17(21)26-7-15(16)12-6-27-30(8-12)11-20(23,24)25/h5-8,13-14H,4,9-11H2,1-3H3,(H,28,31)/t13-,14-/m0/s1. The van der Waals surface area contributed by atoms with Crippen molar-refractivity contribution in [3.63, 3.8) is 0 Å². The fourth-order valence-corrected chi connectivity index (χ4v) is 3.64. The molecule has 0 bridgehead atoms. The molecule has 0 aliphatic carbocycles. The number of hydrogen-bond acceptors (Lipinski definition) is 5. The number of hydrogen-bond donors (Lipinski definition) is 1. The summed E-state index contributed by atoms with van der Waals surface area (Å²) in [6.07, 6.45) is -2.28. The second kappa shape index (κ2) is 9.13. The molecule has 2 atom stereocenters. The molecule has 0 radical (unpaired) electrons. The lowest BCUT2D eigenvalue weighted by Crippen LogP contribution is -2.52. The maximum atomic E-state index is 14.6. The summed E-state index contributed by atoms with van der Waals surface area (Å²) >= 11 is 6.05. The van der Waals surface area contributed by atoms with Crippen molar-refractivity contribution in [2.45, 2.75) is 57.7 Å². The first-order chi connectivity index (χ1) is 14.8. The van der Waals surface area contributed by atoms with Crippen LogP contribution in [0.4, 0.5) is 28.0 Å². The number of amides is 1. The van der Waals surface area contributed by atoms with Crippen molar-refractivity contribution in [3.05, 3.63) is 29.8 Å². The third kappa shape index (κ3) is 6.72. The van der Waals surface area contributed by atoms with E-state index in [1.54, 1.807) is 25.7 Å². The quantitative estimate of drug-likeness (QED) is 0.514. The molecule has 1 aliphatic heterocycles. The van der Waals surface area contributed by atoms with Crippen LogP contribution in [0.5, 0.6) is 0 Å². The maximum absolute atomic E-state index is 14.6. The van der Waals surface area contributed by atoms with Crippen molar-refractivity contribution in [1.29, 1.82) is 0 Å². The van der Waals surface area contributed by atoms with Gasteiger partial charge in [-0.25, -0.2) is 14.2 Å². The summed E-state index contributed by atoms with van der Waals surface area (Å²) in [7, 11) is 0. The third-order valence-corrected chi connectivity index (χ3v) is 4.80. The highest BCUT2D eigenvalue weighted by molar-refractivity contribution is 6.29. The predicted molar refractivity (Wildman–Crippen MR) is 111 cm³/mol. The van der Waals surface area contributed by atoms with Gasteiger partial charge in [-0.3, -0.25) is 4.68 Å². The maximum Gasteiger partial charge on any atom is 0.408 e. The Morgan fingerprint density at radius 1 is 1.28 bits per heavy atom. The van der Waals surface area contributed by atoms with Crippen LogP contribution >= 0.6 is 11.6 Å². The van der Waals surface area contributed by atoms with E-state index < -0.39 is 36.6 Å². The average Bonchev–Trinajstić information content (AvgIpc) is 3.05. The van der Waals surface area contributed by atoms with Gasteiger partial charge in [0.1, 0.15) is 23.5 Å². The first-order valence-electron chi connectivity index (χ1n) is 9.93. The SMILES string of the molecule is CC(C)(C)OC(=O)N[C@H]1C[C@H](F)CN(c2cc(Cl)ncc2-c2cnn(CC(F)(F)F)c2)C1. The van der Waals surface area contributed by atoms with Gasteiger partial charge < -0.3 is 15.0 Å². The van der Waals surface area contributed by atoms with Gasteiger partial charge >= 0.3 is 12.3 Å². The Bertz CT molecular complexity index is 960. The molecule has 12 heteroatoms. The number of pyridine rings is 1. The third-order valence-electron chi connectivity index (χ3n) is 4.60. The molecule has 0 aromatic carbocycles. The molecule has 1 saturated heterocycles. The van der Waals surface area contributed by atoms with Crippen LogP contribution in [-0.2, 0) is 11.3 Å². The lowest BCUT2D eigenvalue weighted by molar-refractivity contribution is -0.142. The largest absolute Gasteiger partial charge is 0.444 e. The molecule has 0 saturated carbocycles. The van der Waals surface area contributed by atoms with Crippen molar-refractivity contribution in [1.82, 2.24) is 20.1 Å². The summed E-state index contributed by atoms with van der Waals surface area (Å²) in [6.45, 7) is 4.22. The Hall–Kier alpha value is -2.56. The summed E-state index contributed by atoms with van der Waals surface area (Å²) in [6, 6.07) is 0.974. The molecule has 3 rings (SSSR count). The Balaban J connectivity index is 1.84. The molecule has 2 aromatic rings. The van der Waals surface area contributed by atoms with Crippen molar-refractivity contribution in [2.75, 3.05) is 18.0 Å². The monoisotopic (exact) mass is 477 g/mol. The number of anilines is 1. The van der Waals surface area contributed by atoms with Crippen LogP contribution < -0.4 is 10.2 Å². The minimum Gasteiger partial charge on any atom is -0.444 e. The summed E-state index contributed by atoms with van der Waals surface area (Å²) in [5, 5.41) is 6.58. The van der Waals surface area contributed by atoms with Crippen molar-refractivity contribution in [2.24, 2.45) is 0 Å². The lowest BCUT2D eigenvalue weighted by atomic mass is 10.0. The van der Waals surface area contributed by atoms with Crippen LogP contribution in [0.3, 0.4) is 0 Å². The molecular formula is C20H24ClF4N5O2. The van der Waals surface area contributed by atoms with E-state index in [4.69, 9.17) is 16.3 Å². The Morgan fingerprint density at radius 2 is 2.00 bits per heavy atom. The molecule has 0 spiro atoms. The molecule has 176 valence electrons. The number of alkyl carbamates (subject to hydrolysis) is 1. The molecule has 1 fully saturated rings. The van der Waals surface area contributed by atoms with Crippen molar-refractivity contribution in [3.8, 4) is 11.1 Å². The number of halogens is 5. The summed E-state index contributed by atoms with van der Waals surface area (Å²) in [5.41, 5.74) is 0.615. The second-order valence-electron chi connectivity index (χ2n) is 8.65. The summed E-state index contributed by atoms with van der Waals surface area (Å²) in [4.78, 5) is 17.8. The van der Waals surface area contributed by atoms with Gasteiger partial charge in [0.25, 0.3) is 0 Å². The fraction of sp³-hybridized carbons (Fsp3) is 0.550. The summed E-state index contributed by atoms with van der Waals surface area (Å²) in [5.74, 6) is 0. The van der Waals surface area contributed by atoms with Gasteiger partial charge in [-0.1, -0.05) is 11.6 Å². The minimum absolute atomic E-state index is 0.0243. The first kappa shape index (κ1) is 24.1. The van der Waals surface area contributed by atoms with Crippen molar-refractivity contribution >= 4 is 23.4 Å². The van der Waals surface area contributed by atoms with E-state index >= 15 is 0 Å². The first-order valence-corrected chi connectivity index (χ1v) is 10.3. The number of ether oxygens (including phenoxy) is 1. The van der Waals surface area contributed by atoms with Crippen LogP contribution in [0.2, 0.25) is 5.15 Å². The number of alkyl halides is 4. The van der Waals surface area contributed by atoms with E-state index in [0.717, 1.165) is 4.68 Å². The highest BCUT2D eigenvalue weighted by atomic mass is 35.5. The summed E-state index contributed by atoms with van der Waals surface area (Å²) < 4.78 is 58.6. The highest BCUT2D eigenvalue weighted by Gasteiger charge is 2.32. The van der Waals surface area contributed by atoms with E-state index in [1.807, 2.05) is 0 Å². The highest BCUT2D eigenvalue weighted by Crippen LogP contribution is 2.34. The smallest absolute Gasteiger partial charge is 0.408 e. The second-order valence-corrected chi connectivity index (χ2v) is 9.03. The van der Waals surface area contributed by atoms with Gasteiger partial charge in [-0.05, 0) is 26.8 Å². The zero-order valence-corrected chi connectivity index (χ0v) is 18.5. The average molecular weight is 478 g/mol. The predicted octanol–water partition coefficient (Wildman–Crippen LogP) is 4.60. The van der Waals surface area contributed by atoms with E-state index in [2.05, 4.69) is 15.4 Å². The van der Waals surface area contributed by atoms with Crippen LogP contribution in [0.1, 0.15) is 27.2 Å². The topological polar surface area (TPSA) is 72.3 Å². The fourth-order valence-electron chi connectivity index (χ4n) is 3.49. The van der Waals surface area contributed by atoms with E-state index in [1.165, 1.54) is 24.7 Å². The number of nitrogens with zero attached hydrogens (tertiary/aromatic N) is 4. The number of rotatable bonds is 4. The number of carbonyl (C=O) groups excluding carboxylic acids is 1. The number of aromatic nitrogens is 3. The van der Waals surface area contributed by atoms with Gasteiger partial charge in [0.15, 0.2) is 0 Å². The van der Waals surface area contributed by atoms with Gasteiger partial charge in [-0.2, -0.15) is 18.3 Å². The van der Waals surface area contributed by atoms with Crippen LogP contribution in [0, 0.1) is 0 Å². The van der Waals surface area contributed by atoms with Gasteiger partial charge in [0.2, 0.25) is 0 Å². The normalized spacial score (nSPS) is 19.7. The molecular weight excluding hydrogens is 454 g/mol.